The first-order valence-corrected chi connectivity index (χ1v) is 3.91. The molecule has 0 aliphatic carbocycles. The predicted octanol–water partition coefficient (Wildman–Crippen LogP) is 1.39. The average molecular weight is 163 g/mol. The van der Waals surface area contributed by atoms with Crippen molar-refractivity contribution in [2.75, 3.05) is 13.7 Å². The van der Waals surface area contributed by atoms with Crippen LogP contribution in [0.3, 0.4) is 0 Å². The highest BCUT2D eigenvalue weighted by molar-refractivity contribution is 4.71. The molecule has 0 radical (unpaired) electrons. The molecule has 0 aromatic carbocycles. The number of alkyl halides is 1. The van der Waals surface area contributed by atoms with Crippen LogP contribution in [0.25, 0.3) is 0 Å². The summed E-state index contributed by atoms with van der Waals surface area (Å²) in [4.78, 5) is 1.76. The van der Waals surface area contributed by atoms with Gasteiger partial charge in [-0.1, -0.05) is 0 Å². The zero-order valence-corrected chi connectivity index (χ0v) is 7.76. The summed E-state index contributed by atoms with van der Waals surface area (Å²) in [6.07, 6.45) is 0.473. The van der Waals surface area contributed by atoms with Gasteiger partial charge in [-0.05, 0) is 34.2 Å². The van der Waals surface area contributed by atoms with E-state index in [4.69, 9.17) is 0 Å². The van der Waals surface area contributed by atoms with E-state index in [1.807, 2.05) is 6.92 Å². The molecular formula is C8H18FNO. The summed E-state index contributed by atoms with van der Waals surface area (Å²) in [5.41, 5.74) is -0.853. The number of rotatable bonds is 4. The van der Waals surface area contributed by atoms with Gasteiger partial charge in [-0.2, -0.15) is 0 Å². The fourth-order valence-corrected chi connectivity index (χ4v) is 0.891. The summed E-state index contributed by atoms with van der Waals surface area (Å²) in [5.74, 6) is 0. The Morgan fingerprint density at radius 1 is 1.55 bits per heavy atom. The monoisotopic (exact) mass is 163 g/mol. The molecule has 0 aromatic heterocycles. The highest BCUT2D eigenvalue weighted by Crippen LogP contribution is 2.13. The Bertz CT molecular complexity index is 111. The first-order chi connectivity index (χ1) is 4.89. The smallest absolute Gasteiger partial charge is 0.112 e. The summed E-state index contributed by atoms with van der Waals surface area (Å²) in [5, 5.41) is 9.49. The van der Waals surface area contributed by atoms with Gasteiger partial charge in [-0.3, -0.25) is 9.29 Å². The van der Waals surface area contributed by atoms with Crippen LogP contribution in [0, 0.1) is 0 Å². The van der Waals surface area contributed by atoms with Crippen LogP contribution in [-0.4, -0.2) is 35.5 Å². The largest absolute Gasteiger partial charge is 0.376 e. The normalized spacial score (nSPS) is 15.5. The van der Waals surface area contributed by atoms with Crippen molar-refractivity contribution in [2.45, 2.75) is 39.0 Å². The van der Waals surface area contributed by atoms with Crippen LogP contribution in [0.2, 0.25) is 0 Å². The first-order valence-electron chi connectivity index (χ1n) is 3.91. The van der Waals surface area contributed by atoms with Gasteiger partial charge >= 0.3 is 0 Å². The van der Waals surface area contributed by atoms with Gasteiger partial charge in [0.1, 0.15) is 5.72 Å². The van der Waals surface area contributed by atoms with E-state index in [1.165, 1.54) is 0 Å². The molecule has 0 saturated heterocycles. The minimum Gasteiger partial charge on any atom is -0.376 e. The molecule has 0 amide bonds. The van der Waals surface area contributed by atoms with E-state index in [0.29, 0.717) is 6.42 Å². The van der Waals surface area contributed by atoms with Crippen molar-refractivity contribution in [1.29, 1.82) is 0 Å². The fourth-order valence-electron chi connectivity index (χ4n) is 0.891. The lowest BCUT2D eigenvalue weighted by Gasteiger charge is -2.35. The minimum absolute atomic E-state index is 0.0833. The lowest BCUT2D eigenvalue weighted by atomic mass is 10.1. The third-order valence-corrected chi connectivity index (χ3v) is 2.05. The molecule has 0 bridgehead atoms. The van der Waals surface area contributed by atoms with Crippen molar-refractivity contribution in [1.82, 2.24) is 4.90 Å². The molecule has 0 aromatic rings. The molecular weight excluding hydrogens is 145 g/mol. The number of aliphatic hydroxyl groups is 1. The molecule has 0 fully saturated rings. The fraction of sp³-hybridized carbons (Fsp3) is 1.00. The van der Waals surface area contributed by atoms with E-state index in [9.17, 15) is 9.50 Å². The molecule has 11 heavy (non-hydrogen) atoms. The van der Waals surface area contributed by atoms with Gasteiger partial charge in [0.05, 0.1) is 6.67 Å². The van der Waals surface area contributed by atoms with Crippen molar-refractivity contribution < 1.29 is 9.50 Å². The van der Waals surface area contributed by atoms with Crippen molar-refractivity contribution in [2.24, 2.45) is 0 Å². The summed E-state index contributed by atoms with van der Waals surface area (Å²) < 4.78 is 11.9. The van der Waals surface area contributed by atoms with Gasteiger partial charge < -0.3 is 5.11 Å². The van der Waals surface area contributed by atoms with Gasteiger partial charge in [-0.25, -0.2) is 0 Å². The van der Waals surface area contributed by atoms with Crippen molar-refractivity contribution in [3.8, 4) is 0 Å². The van der Waals surface area contributed by atoms with Crippen LogP contribution in [0.15, 0.2) is 0 Å². The third kappa shape index (κ3) is 3.68. The summed E-state index contributed by atoms with van der Waals surface area (Å²) in [7, 11) is 1.79. The lowest BCUT2D eigenvalue weighted by Crippen LogP contribution is -2.46. The molecule has 1 N–H and O–H groups in total. The molecule has 0 spiro atoms. The van der Waals surface area contributed by atoms with Gasteiger partial charge in [0.15, 0.2) is 0 Å². The molecule has 3 heteroatoms. The first kappa shape index (κ1) is 10.8. The Kier molecular flexibility index (Phi) is 3.97. The average Bonchev–Trinajstić information content (AvgIpc) is 1.85. The Labute approximate surface area is 68.0 Å². The van der Waals surface area contributed by atoms with Crippen LogP contribution < -0.4 is 0 Å². The van der Waals surface area contributed by atoms with E-state index < -0.39 is 5.72 Å². The van der Waals surface area contributed by atoms with Gasteiger partial charge in [0, 0.05) is 6.04 Å². The van der Waals surface area contributed by atoms with Crippen LogP contribution in [0.4, 0.5) is 4.39 Å². The molecule has 2 nitrogen and oxygen atoms in total. The number of halogens is 1. The van der Waals surface area contributed by atoms with E-state index in [2.05, 4.69) is 0 Å². The second-order valence-electron chi connectivity index (χ2n) is 3.43. The standard InChI is InChI=1S/C8H18FNO/c1-7(5-6-9)10(4)8(2,3)11/h7,11H,5-6H2,1-4H3. The minimum atomic E-state index is -0.853. The molecule has 0 heterocycles. The van der Waals surface area contributed by atoms with Crippen molar-refractivity contribution in [3.05, 3.63) is 0 Å². The Hall–Kier alpha value is -0.150. The third-order valence-electron chi connectivity index (χ3n) is 2.05. The zero-order chi connectivity index (χ0) is 9.07. The predicted molar refractivity (Wildman–Crippen MR) is 44.1 cm³/mol. The van der Waals surface area contributed by atoms with Crippen molar-refractivity contribution in [3.63, 3.8) is 0 Å². The molecule has 0 aliphatic heterocycles. The maximum atomic E-state index is 11.9. The van der Waals surface area contributed by atoms with Crippen LogP contribution in [-0.2, 0) is 0 Å². The summed E-state index contributed by atoms with van der Waals surface area (Å²) >= 11 is 0. The second-order valence-corrected chi connectivity index (χ2v) is 3.43. The Morgan fingerprint density at radius 3 is 2.27 bits per heavy atom. The summed E-state index contributed by atoms with van der Waals surface area (Å²) in [6.45, 7) is 4.96. The second kappa shape index (κ2) is 4.02. The molecule has 0 rings (SSSR count). The highest BCUT2D eigenvalue weighted by atomic mass is 19.1. The van der Waals surface area contributed by atoms with E-state index in [-0.39, 0.29) is 12.7 Å². The quantitative estimate of drug-likeness (QED) is 0.633. The van der Waals surface area contributed by atoms with Crippen LogP contribution >= 0.6 is 0 Å². The van der Waals surface area contributed by atoms with Crippen LogP contribution in [0.5, 0.6) is 0 Å². The number of hydrogen-bond donors (Lipinski definition) is 1. The SMILES string of the molecule is CC(CCF)N(C)C(C)(C)O. The van der Waals surface area contributed by atoms with Gasteiger partial charge in [-0.15, -0.1) is 0 Å². The van der Waals surface area contributed by atoms with E-state index >= 15 is 0 Å². The number of hydrogen-bond acceptors (Lipinski definition) is 2. The summed E-state index contributed by atoms with van der Waals surface area (Å²) in [6, 6.07) is 0.0833. The van der Waals surface area contributed by atoms with Crippen molar-refractivity contribution >= 4 is 0 Å². The van der Waals surface area contributed by atoms with E-state index in [1.54, 1.807) is 25.8 Å². The van der Waals surface area contributed by atoms with Gasteiger partial charge in [0.25, 0.3) is 0 Å². The van der Waals surface area contributed by atoms with E-state index in [0.717, 1.165) is 0 Å². The Morgan fingerprint density at radius 2 is 2.00 bits per heavy atom. The molecule has 68 valence electrons. The molecule has 0 saturated carbocycles. The van der Waals surface area contributed by atoms with Crippen LogP contribution in [0.1, 0.15) is 27.2 Å². The topological polar surface area (TPSA) is 23.5 Å². The molecule has 1 unspecified atom stereocenters. The maximum Gasteiger partial charge on any atom is 0.112 e. The van der Waals surface area contributed by atoms with Gasteiger partial charge in [0.2, 0.25) is 0 Å². The molecule has 1 atom stereocenters. The maximum absolute atomic E-state index is 11.9. The zero-order valence-electron chi connectivity index (χ0n) is 7.76. The lowest BCUT2D eigenvalue weighted by molar-refractivity contribution is -0.0839. The molecule has 0 aliphatic rings. The number of nitrogens with zero attached hydrogens (tertiary/aromatic N) is 1. The highest BCUT2D eigenvalue weighted by Gasteiger charge is 2.23. The Balaban J connectivity index is 3.91.